The molecule has 35 heavy (non-hydrogen) atoms. The van der Waals surface area contributed by atoms with E-state index in [0.717, 1.165) is 38.5 Å². The summed E-state index contributed by atoms with van der Waals surface area (Å²) in [5.41, 5.74) is -2.38. The molecule has 0 heterocycles. The standard InChI is InChI=1S/C27H40O8/c1-15(28)33-14-23(35-17(3)30)27(32)11-9-21-20-7-6-18-12-19(34-16(2)29)8-10-25(18,4)24(20)22(31)13-26(21,27)5/h18-21,23-24,32H,6-14H2,1-5H3/t18-,19-,20+,21+,23+,24-,25+,26+,27+/m1/s1. The molecule has 8 nitrogen and oxygen atoms in total. The summed E-state index contributed by atoms with van der Waals surface area (Å²) in [6.07, 6.45) is 4.51. The molecule has 4 aliphatic carbocycles. The quantitative estimate of drug-likeness (QED) is 0.459. The van der Waals surface area contributed by atoms with Gasteiger partial charge in [-0.1, -0.05) is 13.8 Å². The predicted molar refractivity (Wildman–Crippen MR) is 125 cm³/mol. The first kappa shape index (κ1) is 26.1. The van der Waals surface area contributed by atoms with Gasteiger partial charge in [0.2, 0.25) is 0 Å². The lowest BCUT2D eigenvalue weighted by Crippen LogP contribution is -2.63. The molecule has 196 valence electrons. The number of carbonyl (C=O) groups is 4. The molecule has 0 spiro atoms. The van der Waals surface area contributed by atoms with Gasteiger partial charge in [0.25, 0.3) is 0 Å². The molecular formula is C27H40O8. The minimum Gasteiger partial charge on any atom is -0.463 e. The zero-order valence-electron chi connectivity index (χ0n) is 21.6. The van der Waals surface area contributed by atoms with E-state index in [4.69, 9.17) is 14.2 Å². The monoisotopic (exact) mass is 492 g/mol. The van der Waals surface area contributed by atoms with Gasteiger partial charge < -0.3 is 19.3 Å². The Bertz CT molecular complexity index is 900. The zero-order valence-corrected chi connectivity index (χ0v) is 21.6. The second-order valence-electron chi connectivity index (χ2n) is 12.0. The number of Topliss-reactive ketones (excluding diaryl/α,β-unsaturated/α-hetero) is 1. The molecule has 0 saturated heterocycles. The van der Waals surface area contributed by atoms with Gasteiger partial charge in [-0.15, -0.1) is 0 Å². The molecule has 4 saturated carbocycles. The maximum absolute atomic E-state index is 13.9. The van der Waals surface area contributed by atoms with Crippen molar-refractivity contribution in [3.05, 3.63) is 0 Å². The second kappa shape index (κ2) is 9.16. The Morgan fingerprint density at radius 2 is 1.71 bits per heavy atom. The smallest absolute Gasteiger partial charge is 0.303 e. The lowest BCUT2D eigenvalue weighted by Gasteiger charge is -2.61. The maximum atomic E-state index is 13.9. The SMILES string of the molecule is CC(=O)OC[C@H](OC(C)=O)[C@@]1(O)CC[C@H]2[C@@H]3CC[C@@H]4C[C@H](OC(C)=O)CC[C@]4(C)[C@H]3C(=O)C[C@@]21C. The van der Waals surface area contributed by atoms with Crippen LogP contribution in [0.15, 0.2) is 0 Å². The lowest BCUT2D eigenvalue weighted by atomic mass is 9.44. The summed E-state index contributed by atoms with van der Waals surface area (Å²) in [7, 11) is 0. The number of aliphatic hydroxyl groups is 1. The number of ether oxygens (including phenoxy) is 3. The Hall–Kier alpha value is -1.96. The van der Waals surface area contributed by atoms with E-state index < -0.39 is 29.1 Å². The number of hydrogen-bond donors (Lipinski definition) is 1. The third-order valence-corrected chi connectivity index (χ3v) is 10.1. The van der Waals surface area contributed by atoms with Crippen molar-refractivity contribution in [1.82, 2.24) is 0 Å². The highest BCUT2D eigenvalue weighted by molar-refractivity contribution is 5.84. The summed E-state index contributed by atoms with van der Waals surface area (Å²) in [6, 6.07) is 0. The van der Waals surface area contributed by atoms with Crippen LogP contribution in [-0.2, 0) is 33.4 Å². The summed E-state index contributed by atoms with van der Waals surface area (Å²) in [4.78, 5) is 48.8. The molecule has 9 atom stereocenters. The maximum Gasteiger partial charge on any atom is 0.303 e. The van der Waals surface area contributed by atoms with Crippen molar-refractivity contribution in [1.29, 1.82) is 0 Å². The fourth-order valence-electron chi connectivity index (χ4n) is 8.60. The van der Waals surface area contributed by atoms with Crippen molar-refractivity contribution in [3.8, 4) is 0 Å². The Morgan fingerprint density at radius 3 is 2.34 bits per heavy atom. The number of esters is 3. The molecule has 0 amide bonds. The average molecular weight is 493 g/mol. The Balaban J connectivity index is 1.60. The zero-order chi connectivity index (χ0) is 25.8. The van der Waals surface area contributed by atoms with Crippen LogP contribution < -0.4 is 0 Å². The highest BCUT2D eigenvalue weighted by Crippen LogP contribution is 2.68. The van der Waals surface area contributed by atoms with E-state index in [0.29, 0.717) is 12.3 Å². The summed E-state index contributed by atoms with van der Waals surface area (Å²) >= 11 is 0. The highest BCUT2D eigenvalue weighted by Gasteiger charge is 2.69. The molecule has 1 N–H and O–H groups in total. The van der Waals surface area contributed by atoms with Crippen LogP contribution in [0.4, 0.5) is 0 Å². The van der Waals surface area contributed by atoms with Crippen LogP contribution in [0.1, 0.15) is 86.0 Å². The van der Waals surface area contributed by atoms with Crippen molar-refractivity contribution >= 4 is 23.7 Å². The fraction of sp³-hybridized carbons (Fsp3) is 0.852. The second-order valence-corrected chi connectivity index (χ2v) is 12.0. The van der Waals surface area contributed by atoms with E-state index in [1.165, 1.54) is 20.8 Å². The number of ketones is 1. The molecule has 4 rings (SSSR count). The van der Waals surface area contributed by atoms with Gasteiger partial charge in [-0.05, 0) is 68.1 Å². The molecule has 8 heteroatoms. The van der Waals surface area contributed by atoms with Gasteiger partial charge in [-0.2, -0.15) is 0 Å². The number of carbonyl (C=O) groups excluding carboxylic acids is 4. The van der Waals surface area contributed by atoms with Crippen molar-refractivity contribution in [2.24, 2.45) is 34.5 Å². The molecule has 0 bridgehead atoms. The van der Waals surface area contributed by atoms with Gasteiger partial charge in [0.05, 0.1) is 0 Å². The van der Waals surface area contributed by atoms with Gasteiger partial charge in [0.1, 0.15) is 24.1 Å². The number of rotatable bonds is 5. The Kier molecular flexibility index (Phi) is 6.84. The molecule has 0 aromatic carbocycles. The van der Waals surface area contributed by atoms with Crippen molar-refractivity contribution in [2.45, 2.75) is 104 Å². The van der Waals surface area contributed by atoms with Gasteiger partial charge in [-0.3, -0.25) is 19.2 Å². The first-order chi connectivity index (χ1) is 16.3. The van der Waals surface area contributed by atoms with Crippen LogP contribution in [0.5, 0.6) is 0 Å². The van der Waals surface area contributed by atoms with Crippen LogP contribution in [0.3, 0.4) is 0 Å². The van der Waals surface area contributed by atoms with Gasteiger partial charge >= 0.3 is 17.9 Å². The minimum atomic E-state index is -1.45. The van der Waals surface area contributed by atoms with Crippen LogP contribution in [0.2, 0.25) is 0 Å². The van der Waals surface area contributed by atoms with Gasteiger partial charge in [0, 0.05) is 38.5 Å². The van der Waals surface area contributed by atoms with E-state index in [-0.39, 0.29) is 54.1 Å². The molecule has 0 aromatic rings. The Morgan fingerprint density at radius 1 is 1.00 bits per heavy atom. The van der Waals surface area contributed by atoms with Crippen molar-refractivity contribution < 1.29 is 38.5 Å². The van der Waals surface area contributed by atoms with E-state index >= 15 is 0 Å². The largest absolute Gasteiger partial charge is 0.463 e. The summed E-state index contributed by atoms with van der Waals surface area (Å²) in [5.74, 6) is -0.655. The summed E-state index contributed by atoms with van der Waals surface area (Å²) in [5, 5.41) is 12.0. The molecule has 0 aromatic heterocycles. The third kappa shape index (κ3) is 4.30. The van der Waals surface area contributed by atoms with Crippen LogP contribution in [-0.4, -0.2) is 53.2 Å². The minimum absolute atomic E-state index is 0.0755. The van der Waals surface area contributed by atoms with Crippen LogP contribution in [0.25, 0.3) is 0 Å². The van der Waals surface area contributed by atoms with Crippen LogP contribution in [0, 0.1) is 34.5 Å². The molecular weight excluding hydrogens is 452 g/mol. The van der Waals surface area contributed by atoms with E-state index in [2.05, 4.69) is 6.92 Å². The summed E-state index contributed by atoms with van der Waals surface area (Å²) < 4.78 is 16.2. The normalized spacial score (nSPS) is 43.3. The highest BCUT2D eigenvalue weighted by atomic mass is 16.6. The Labute approximate surface area is 207 Å². The van der Waals surface area contributed by atoms with Crippen molar-refractivity contribution in [3.63, 3.8) is 0 Å². The first-order valence-corrected chi connectivity index (χ1v) is 13.0. The molecule has 4 aliphatic rings. The van der Waals surface area contributed by atoms with Crippen LogP contribution >= 0.6 is 0 Å². The third-order valence-electron chi connectivity index (χ3n) is 10.1. The topological polar surface area (TPSA) is 116 Å². The molecule has 4 fully saturated rings. The molecule has 0 radical (unpaired) electrons. The first-order valence-electron chi connectivity index (χ1n) is 13.0. The molecule has 0 unspecified atom stereocenters. The van der Waals surface area contributed by atoms with Gasteiger partial charge in [0.15, 0.2) is 6.10 Å². The average Bonchev–Trinajstić information content (AvgIpc) is 3.01. The van der Waals surface area contributed by atoms with Crippen molar-refractivity contribution in [2.75, 3.05) is 6.61 Å². The van der Waals surface area contributed by atoms with Gasteiger partial charge in [-0.25, -0.2) is 0 Å². The van der Waals surface area contributed by atoms with E-state index in [9.17, 15) is 24.3 Å². The fourth-order valence-corrected chi connectivity index (χ4v) is 8.60. The number of hydrogen-bond acceptors (Lipinski definition) is 8. The summed E-state index contributed by atoms with van der Waals surface area (Å²) in [6.45, 7) is 7.96. The van der Waals surface area contributed by atoms with E-state index in [1.807, 2.05) is 6.92 Å². The van der Waals surface area contributed by atoms with E-state index in [1.54, 1.807) is 0 Å². The predicted octanol–water partition coefficient (Wildman–Crippen LogP) is 3.37. The number of fused-ring (bicyclic) bond motifs is 5. The molecule has 0 aliphatic heterocycles. The lowest BCUT2D eigenvalue weighted by molar-refractivity contribution is -0.211.